The zero-order valence-corrected chi connectivity index (χ0v) is 13.0. The minimum Gasteiger partial charge on any atom is -0.493 e. The summed E-state index contributed by atoms with van der Waals surface area (Å²) in [5.41, 5.74) is 7.81. The number of methoxy groups -OCH3 is 1. The van der Waals surface area contributed by atoms with Crippen LogP contribution in [-0.2, 0) is 13.0 Å². The van der Waals surface area contributed by atoms with Crippen LogP contribution < -0.4 is 15.2 Å². The minimum absolute atomic E-state index is 0.485. The molecule has 0 saturated heterocycles. The summed E-state index contributed by atoms with van der Waals surface area (Å²) in [5, 5.41) is 0. The molecule has 2 aromatic rings. The molecule has 3 nitrogen and oxygen atoms in total. The Morgan fingerprint density at radius 2 is 1.80 bits per heavy atom. The Morgan fingerprint density at radius 3 is 2.50 bits per heavy atom. The third-order valence-corrected chi connectivity index (χ3v) is 3.80. The van der Waals surface area contributed by atoms with E-state index >= 15 is 0 Å². The van der Waals surface area contributed by atoms with Gasteiger partial charge in [0, 0.05) is 10.0 Å². The van der Waals surface area contributed by atoms with Gasteiger partial charge in [-0.15, -0.1) is 0 Å². The van der Waals surface area contributed by atoms with Crippen LogP contribution in [-0.4, -0.2) is 13.7 Å². The number of rotatable bonds is 6. The molecule has 0 spiro atoms. The van der Waals surface area contributed by atoms with E-state index < -0.39 is 0 Å². The molecule has 2 aromatic carbocycles. The van der Waals surface area contributed by atoms with E-state index in [0.29, 0.717) is 13.2 Å². The van der Waals surface area contributed by atoms with Crippen molar-refractivity contribution in [2.24, 2.45) is 5.73 Å². The van der Waals surface area contributed by atoms with Crippen molar-refractivity contribution in [2.45, 2.75) is 13.0 Å². The Balaban J connectivity index is 2.21. The smallest absolute Gasteiger partial charge is 0.164 e. The molecule has 2 rings (SSSR count). The van der Waals surface area contributed by atoms with Gasteiger partial charge in [0.1, 0.15) is 6.61 Å². The summed E-state index contributed by atoms with van der Waals surface area (Å²) in [6.45, 7) is 1.07. The molecule has 0 bridgehead atoms. The van der Waals surface area contributed by atoms with Crippen LogP contribution in [0.2, 0.25) is 0 Å². The van der Waals surface area contributed by atoms with E-state index in [0.717, 1.165) is 33.5 Å². The monoisotopic (exact) mass is 335 g/mol. The number of hydrogen-bond acceptors (Lipinski definition) is 3. The second kappa shape index (κ2) is 7.31. The van der Waals surface area contributed by atoms with E-state index in [1.165, 1.54) is 0 Å². The second-order valence-corrected chi connectivity index (χ2v) is 5.22. The summed E-state index contributed by atoms with van der Waals surface area (Å²) < 4.78 is 12.4. The van der Waals surface area contributed by atoms with E-state index in [-0.39, 0.29) is 0 Å². The van der Waals surface area contributed by atoms with Crippen LogP contribution in [0.15, 0.2) is 46.9 Å². The molecule has 0 aliphatic carbocycles. The molecule has 0 radical (unpaired) electrons. The maximum atomic E-state index is 5.97. The van der Waals surface area contributed by atoms with Gasteiger partial charge in [0.2, 0.25) is 0 Å². The van der Waals surface area contributed by atoms with Gasteiger partial charge in [0.25, 0.3) is 0 Å². The first-order valence-electron chi connectivity index (χ1n) is 6.48. The Hall–Kier alpha value is -1.52. The number of ether oxygens (including phenoxy) is 2. The maximum absolute atomic E-state index is 5.97. The second-order valence-electron chi connectivity index (χ2n) is 4.37. The zero-order valence-electron chi connectivity index (χ0n) is 11.4. The van der Waals surface area contributed by atoms with Gasteiger partial charge < -0.3 is 15.2 Å². The highest BCUT2D eigenvalue weighted by Crippen LogP contribution is 2.32. The predicted molar refractivity (Wildman–Crippen MR) is 84.2 cm³/mol. The van der Waals surface area contributed by atoms with Gasteiger partial charge in [-0.1, -0.05) is 46.3 Å². The SMILES string of the molecule is COc1cccc(CCN)c1OCc1ccccc1Br. The molecule has 20 heavy (non-hydrogen) atoms. The first-order valence-corrected chi connectivity index (χ1v) is 7.27. The molecule has 0 fully saturated rings. The van der Waals surface area contributed by atoms with Gasteiger partial charge in [-0.3, -0.25) is 0 Å². The van der Waals surface area contributed by atoms with Crippen LogP contribution in [0.25, 0.3) is 0 Å². The largest absolute Gasteiger partial charge is 0.493 e. The first-order chi connectivity index (χ1) is 9.76. The highest BCUT2D eigenvalue weighted by molar-refractivity contribution is 9.10. The molecule has 0 amide bonds. The molecule has 0 atom stereocenters. The van der Waals surface area contributed by atoms with Crippen molar-refractivity contribution in [3.8, 4) is 11.5 Å². The van der Waals surface area contributed by atoms with Crippen molar-refractivity contribution < 1.29 is 9.47 Å². The van der Waals surface area contributed by atoms with Crippen molar-refractivity contribution in [3.05, 3.63) is 58.1 Å². The number of nitrogens with two attached hydrogens (primary N) is 1. The molecule has 0 heterocycles. The molecule has 4 heteroatoms. The summed E-state index contributed by atoms with van der Waals surface area (Å²) in [4.78, 5) is 0. The number of para-hydroxylation sites is 1. The summed E-state index contributed by atoms with van der Waals surface area (Å²) in [7, 11) is 1.65. The van der Waals surface area contributed by atoms with Gasteiger partial charge in [-0.2, -0.15) is 0 Å². The van der Waals surface area contributed by atoms with Crippen LogP contribution in [0.1, 0.15) is 11.1 Å². The maximum Gasteiger partial charge on any atom is 0.164 e. The summed E-state index contributed by atoms with van der Waals surface area (Å²) in [5.74, 6) is 1.51. The van der Waals surface area contributed by atoms with Crippen LogP contribution >= 0.6 is 15.9 Å². The lowest BCUT2D eigenvalue weighted by Gasteiger charge is -2.15. The topological polar surface area (TPSA) is 44.5 Å². The lowest BCUT2D eigenvalue weighted by molar-refractivity contribution is 0.281. The Bertz CT molecular complexity index is 572. The van der Waals surface area contributed by atoms with E-state index in [1.807, 2.05) is 42.5 Å². The quantitative estimate of drug-likeness (QED) is 0.878. The lowest BCUT2D eigenvalue weighted by Crippen LogP contribution is -2.06. The highest BCUT2D eigenvalue weighted by atomic mass is 79.9. The van der Waals surface area contributed by atoms with Crippen LogP contribution in [0.4, 0.5) is 0 Å². The normalized spacial score (nSPS) is 10.3. The van der Waals surface area contributed by atoms with Crippen molar-refractivity contribution in [3.63, 3.8) is 0 Å². The zero-order chi connectivity index (χ0) is 14.4. The van der Waals surface area contributed by atoms with E-state index in [4.69, 9.17) is 15.2 Å². The molecule has 0 unspecified atom stereocenters. The lowest BCUT2D eigenvalue weighted by atomic mass is 10.1. The summed E-state index contributed by atoms with van der Waals surface area (Å²) in [6, 6.07) is 13.9. The van der Waals surface area contributed by atoms with Gasteiger partial charge >= 0.3 is 0 Å². The Labute approximate surface area is 127 Å². The number of halogens is 1. The van der Waals surface area contributed by atoms with Crippen molar-refractivity contribution in [1.29, 1.82) is 0 Å². The molecular weight excluding hydrogens is 318 g/mol. The van der Waals surface area contributed by atoms with Gasteiger partial charge in [0.05, 0.1) is 7.11 Å². The fraction of sp³-hybridized carbons (Fsp3) is 0.250. The first kappa shape index (κ1) is 14.9. The van der Waals surface area contributed by atoms with Crippen LogP contribution in [0, 0.1) is 0 Å². The van der Waals surface area contributed by atoms with Crippen molar-refractivity contribution >= 4 is 15.9 Å². The number of hydrogen-bond donors (Lipinski definition) is 1. The van der Waals surface area contributed by atoms with Gasteiger partial charge in [-0.25, -0.2) is 0 Å². The fourth-order valence-electron chi connectivity index (χ4n) is 2.00. The minimum atomic E-state index is 0.485. The standard InChI is InChI=1S/C16H18BrNO2/c1-19-15-8-4-6-12(9-10-18)16(15)20-11-13-5-2-3-7-14(13)17/h2-8H,9-11,18H2,1H3. The Morgan fingerprint density at radius 1 is 1.05 bits per heavy atom. The molecule has 2 N–H and O–H groups in total. The molecular formula is C16H18BrNO2. The highest BCUT2D eigenvalue weighted by Gasteiger charge is 2.11. The molecule has 106 valence electrons. The molecule has 0 aliphatic heterocycles. The van der Waals surface area contributed by atoms with Crippen LogP contribution in [0.3, 0.4) is 0 Å². The summed E-state index contributed by atoms with van der Waals surface area (Å²) in [6.07, 6.45) is 0.766. The average molecular weight is 336 g/mol. The molecule has 0 aromatic heterocycles. The van der Waals surface area contributed by atoms with Gasteiger partial charge in [-0.05, 0) is 30.7 Å². The predicted octanol–water partition coefficient (Wildman–Crippen LogP) is 3.54. The van der Waals surface area contributed by atoms with Crippen LogP contribution in [0.5, 0.6) is 11.5 Å². The third-order valence-electron chi connectivity index (χ3n) is 3.02. The van der Waals surface area contributed by atoms with E-state index in [2.05, 4.69) is 15.9 Å². The van der Waals surface area contributed by atoms with Crippen molar-refractivity contribution in [1.82, 2.24) is 0 Å². The molecule has 0 aliphatic rings. The molecule has 0 saturated carbocycles. The van der Waals surface area contributed by atoms with Crippen molar-refractivity contribution in [2.75, 3.05) is 13.7 Å². The Kier molecular flexibility index (Phi) is 5.44. The average Bonchev–Trinajstić information content (AvgIpc) is 2.47. The fourth-order valence-corrected chi connectivity index (χ4v) is 2.40. The van der Waals surface area contributed by atoms with Gasteiger partial charge in [0.15, 0.2) is 11.5 Å². The van der Waals surface area contributed by atoms with E-state index in [1.54, 1.807) is 7.11 Å². The summed E-state index contributed by atoms with van der Waals surface area (Å²) >= 11 is 3.52. The third kappa shape index (κ3) is 3.52. The number of benzene rings is 2. The van der Waals surface area contributed by atoms with E-state index in [9.17, 15) is 0 Å².